The summed E-state index contributed by atoms with van der Waals surface area (Å²) in [7, 11) is 1.65. The van der Waals surface area contributed by atoms with Crippen LogP contribution in [0.2, 0.25) is 0 Å². The van der Waals surface area contributed by atoms with Gasteiger partial charge in [0.05, 0.1) is 26.4 Å². The Bertz CT molecular complexity index is 998. The molecule has 0 unspecified atom stereocenters. The van der Waals surface area contributed by atoms with Gasteiger partial charge in [-0.2, -0.15) is 0 Å². The second-order valence-corrected chi connectivity index (χ2v) is 8.15. The van der Waals surface area contributed by atoms with Crippen LogP contribution in [-0.2, 0) is 4.74 Å². The van der Waals surface area contributed by atoms with Gasteiger partial charge in [0, 0.05) is 35.7 Å². The maximum absolute atomic E-state index is 12.8. The zero-order chi connectivity index (χ0) is 21.6. The summed E-state index contributed by atoms with van der Waals surface area (Å²) in [6, 6.07) is 17.3. The molecule has 1 N–H and O–H groups in total. The van der Waals surface area contributed by atoms with E-state index in [-0.39, 0.29) is 17.6 Å². The number of carbonyl (C=O) groups excluding carboxylic acids is 1. The summed E-state index contributed by atoms with van der Waals surface area (Å²) in [5.74, 6) is 1.09. The summed E-state index contributed by atoms with van der Waals surface area (Å²) in [4.78, 5) is 15.1. The van der Waals surface area contributed by atoms with Gasteiger partial charge >= 0.3 is 0 Å². The number of halogens is 1. The highest BCUT2D eigenvalue weighted by Crippen LogP contribution is 2.25. The fourth-order valence-electron chi connectivity index (χ4n) is 3.59. The fourth-order valence-corrected chi connectivity index (χ4v) is 3.85. The van der Waals surface area contributed by atoms with Crippen LogP contribution in [-0.4, -0.2) is 55.9 Å². The largest absolute Gasteiger partial charge is 0.497 e. The molecule has 1 aromatic heterocycles. The van der Waals surface area contributed by atoms with E-state index in [1.54, 1.807) is 13.2 Å². The number of ether oxygens (including phenoxy) is 2. The van der Waals surface area contributed by atoms with Crippen molar-refractivity contribution in [2.75, 3.05) is 40.0 Å². The molecule has 2 heterocycles. The number of amides is 1. The molecule has 1 aliphatic rings. The van der Waals surface area contributed by atoms with E-state index >= 15 is 0 Å². The van der Waals surface area contributed by atoms with Gasteiger partial charge in [0.1, 0.15) is 5.75 Å². The van der Waals surface area contributed by atoms with Gasteiger partial charge in [-0.3, -0.25) is 9.69 Å². The van der Waals surface area contributed by atoms with E-state index in [0.29, 0.717) is 25.5 Å². The Labute approximate surface area is 189 Å². The molecule has 7 nitrogen and oxygen atoms in total. The van der Waals surface area contributed by atoms with Crippen molar-refractivity contribution in [3.63, 3.8) is 0 Å². The van der Waals surface area contributed by atoms with E-state index in [4.69, 9.17) is 14.0 Å². The van der Waals surface area contributed by atoms with E-state index < -0.39 is 0 Å². The molecule has 1 amide bonds. The highest BCUT2D eigenvalue weighted by Gasteiger charge is 2.24. The molecule has 31 heavy (non-hydrogen) atoms. The first-order valence-electron chi connectivity index (χ1n) is 10.1. The average Bonchev–Trinajstić information content (AvgIpc) is 3.31. The van der Waals surface area contributed by atoms with Crippen LogP contribution >= 0.6 is 15.9 Å². The second kappa shape index (κ2) is 10.1. The van der Waals surface area contributed by atoms with Gasteiger partial charge in [-0.15, -0.1) is 0 Å². The minimum Gasteiger partial charge on any atom is -0.497 e. The van der Waals surface area contributed by atoms with Gasteiger partial charge in [-0.1, -0.05) is 45.4 Å². The monoisotopic (exact) mass is 485 g/mol. The van der Waals surface area contributed by atoms with Crippen LogP contribution in [0.5, 0.6) is 5.75 Å². The molecule has 2 aromatic carbocycles. The molecule has 0 aliphatic carbocycles. The molecule has 0 spiro atoms. The number of nitrogens with zero attached hydrogens (tertiary/aromatic N) is 2. The number of methoxy groups -OCH3 is 1. The molecule has 1 atom stereocenters. The summed E-state index contributed by atoms with van der Waals surface area (Å²) in [6.45, 7) is 3.43. The molecule has 0 saturated carbocycles. The predicted molar refractivity (Wildman–Crippen MR) is 120 cm³/mol. The van der Waals surface area contributed by atoms with E-state index in [9.17, 15) is 4.79 Å². The van der Waals surface area contributed by atoms with Gasteiger partial charge in [0.2, 0.25) is 0 Å². The smallest absolute Gasteiger partial charge is 0.273 e. The van der Waals surface area contributed by atoms with E-state index in [1.807, 2.05) is 48.5 Å². The van der Waals surface area contributed by atoms with E-state index in [2.05, 4.69) is 31.3 Å². The molecular weight excluding hydrogens is 462 g/mol. The predicted octanol–water partition coefficient (Wildman–Crippen LogP) is 3.92. The Hall–Kier alpha value is -2.68. The first-order chi connectivity index (χ1) is 15.1. The average molecular weight is 486 g/mol. The summed E-state index contributed by atoms with van der Waals surface area (Å²) in [6.07, 6.45) is 0. The Kier molecular flexibility index (Phi) is 7.01. The van der Waals surface area contributed by atoms with Crippen LogP contribution in [0.4, 0.5) is 0 Å². The van der Waals surface area contributed by atoms with Gasteiger partial charge in [-0.05, 0) is 29.8 Å². The lowest BCUT2D eigenvalue weighted by atomic mass is 10.0. The zero-order valence-electron chi connectivity index (χ0n) is 17.2. The van der Waals surface area contributed by atoms with Crippen molar-refractivity contribution in [2.45, 2.75) is 6.04 Å². The second-order valence-electron chi connectivity index (χ2n) is 7.23. The Balaban J connectivity index is 1.46. The first kappa shape index (κ1) is 21.5. The fraction of sp³-hybridized carbons (Fsp3) is 0.304. The maximum Gasteiger partial charge on any atom is 0.273 e. The minimum absolute atomic E-state index is 0.0246. The molecule has 1 saturated heterocycles. The minimum atomic E-state index is -0.265. The van der Waals surface area contributed by atoms with Crippen molar-refractivity contribution in [3.05, 3.63) is 70.3 Å². The summed E-state index contributed by atoms with van der Waals surface area (Å²) in [5.41, 5.74) is 2.23. The van der Waals surface area contributed by atoms with Crippen LogP contribution in [0.15, 0.2) is 63.6 Å². The Morgan fingerprint density at radius 2 is 1.87 bits per heavy atom. The number of benzene rings is 2. The lowest BCUT2D eigenvalue weighted by Gasteiger charge is -2.34. The van der Waals surface area contributed by atoms with Crippen molar-refractivity contribution >= 4 is 21.8 Å². The van der Waals surface area contributed by atoms with Crippen molar-refractivity contribution in [1.29, 1.82) is 0 Å². The van der Waals surface area contributed by atoms with E-state index in [0.717, 1.165) is 34.4 Å². The van der Waals surface area contributed by atoms with Crippen molar-refractivity contribution < 1.29 is 18.8 Å². The van der Waals surface area contributed by atoms with Crippen LogP contribution in [0.3, 0.4) is 0 Å². The number of hydrogen-bond acceptors (Lipinski definition) is 6. The number of nitrogens with one attached hydrogen (secondary N) is 1. The highest BCUT2D eigenvalue weighted by molar-refractivity contribution is 9.10. The number of aromatic nitrogens is 1. The number of rotatable bonds is 7. The third-order valence-electron chi connectivity index (χ3n) is 5.31. The number of carbonyl (C=O) groups is 1. The molecule has 0 bridgehead atoms. The summed E-state index contributed by atoms with van der Waals surface area (Å²) < 4.78 is 17.1. The zero-order valence-corrected chi connectivity index (χ0v) is 18.8. The lowest BCUT2D eigenvalue weighted by Crippen LogP contribution is -2.43. The van der Waals surface area contributed by atoms with Crippen LogP contribution < -0.4 is 10.1 Å². The topological polar surface area (TPSA) is 76.8 Å². The Morgan fingerprint density at radius 1 is 1.16 bits per heavy atom. The molecule has 1 fully saturated rings. The molecule has 162 valence electrons. The Morgan fingerprint density at radius 3 is 2.55 bits per heavy atom. The third-order valence-corrected chi connectivity index (χ3v) is 5.84. The number of morpholine rings is 1. The standard InChI is InChI=1S/C23H24BrN3O4/c1-29-19-8-4-16(5-9-19)21(27-10-12-30-13-11-27)15-25-23(28)20-14-22(31-26-20)17-2-6-18(24)7-3-17/h2-9,14,21H,10-13,15H2,1H3,(H,25,28)/t21-/m1/s1. The van der Waals surface area contributed by atoms with Crippen molar-refractivity contribution in [2.24, 2.45) is 0 Å². The highest BCUT2D eigenvalue weighted by atomic mass is 79.9. The van der Waals surface area contributed by atoms with Crippen molar-refractivity contribution in [1.82, 2.24) is 15.4 Å². The molecule has 0 radical (unpaired) electrons. The van der Waals surface area contributed by atoms with Crippen LogP contribution in [0.1, 0.15) is 22.1 Å². The van der Waals surface area contributed by atoms with Crippen LogP contribution in [0, 0.1) is 0 Å². The summed E-state index contributed by atoms with van der Waals surface area (Å²) >= 11 is 3.41. The van der Waals surface area contributed by atoms with Crippen molar-refractivity contribution in [3.8, 4) is 17.1 Å². The van der Waals surface area contributed by atoms with Gasteiger partial charge < -0.3 is 19.3 Å². The van der Waals surface area contributed by atoms with Gasteiger partial charge in [-0.25, -0.2) is 0 Å². The number of hydrogen-bond donors (Lipinski definition) is 1. The molecule has 8 heteroatoms. The SMILES string of the molecule is COc1ccc([C@@H](CNC(=O)c2cc(-c3ccc(Br)cc3)on2)N2CCOCC2)cc1. The summed E-state index contributed by atoms with van der Waals surface area (Å²) in [5, 5.41) is 6.97. The molecule has 3 aromatic rings. The molecule has 1 aliphatic heterocycles. The van der Waals surface area contributed by atoms with Gasteiger partial charge in [0.25, 0.3) is 5.91 Å². The molecular formula is C23H24BrN3O4. The lowest BCUT2D eigenvalue weighted by molar-refractivity contribution is 0.0162. The quantitative estimate of drug-likeness (QED) is 0.546. The molecule has 4 rings (SSSR count). The van der Waals surface area contributed by atoms with Gasteiger partial charge in [0.15, 0.2) is 11.5 Å². The van der Waals surface area contributed by atoms with E-state index in [1.165, 1.54) is 0 Å². The van der Waals surface area contributed by atoms with Crippen LogP contribution in [0.25, 0.3) is 11.3 Å². The first-order valence-corrected chi connectivity index (χ1v) is 10.9. The maximum atomic E-state index is 12.8. The normalized spacial score (nSPS) is 15.4. The third kappa shape index (κ3) is 5.33.